The number of fused-ring (bicyclic) bond motifs is 34. The van der Waals surface area contributed by atoms with Crippen molar-refractivity contribution in [3.63, 3.8) is 0 Å². The quantitative estimate of drug-likeness (QED) is 0.129. The van der Waals surface area contributed by atoms with Crippen LogP contribution in [0.1, 0.15) is 57.3 Å². The van der Waals surface area contributed by atoms with Gasteiger partial charge in [0.15, 0.2) is 0 Å². The maximum Gasteiger partial charge on any atom is 0.143 e. The van der Waals surface area contributed by atoms with E-state index in [4.69, 9.17) is 13.3 Å². The van der Waals surface area contributed by atoms with Crippen LogP contribution in [0.5, 0.6) is 0 Å². The van der Waals surface area contributed by atoms with Crippen LogP contribution in [0.2, 0.25) is 0 Å². The van der Waals surface area contributed by atoms with Gasteiger partial charge in [0.1, 0.15) is 33.5 Å². The number of hydrogen-bond acceptors (Lipinski definition) is 5. The molecule has 30 rings (SSSR count). The largest absolute Gasteiger partial charge is 0.455 e. The molecule has 0 amide bonds. The second-order valence-electron chi connectivity index (χ2n) is 37.2. The van der Waals surface area contributed by atoms with Gasteiger partial charge in [0.05, 0.1) is 44.6 Å². The minimum Gasteiger partial charge on any atom is -0.455 e. The number of aromatic nitrogens is 1. The van der Waals surface area contributed by atoms with Crippen molar-refractivity contribution in [3.8, 4) is 89.0 Å². The molecule has 0 bridgehead atoms. The van der Waals surface area contributed by atoms with Gasteiger partial charge in [-0.1, -0.05) is 358 Å². The summed E-state index contributed by atoms with van der Waals surface area (Å²) in [5.41, 5.74) is 41.9. The van der Waals surface area contributed by atoms with E-state index in [0.29, 0.717) is 0 Å². The lowest BCUT2D eigenvalue weighted by atomic mass is 9.70. The monoisotopic (exact) mass is 1730 g/mol. The Morgan fingerprint density at radius 2 is 0.596 bits per heavy atom. The molecule has 0 aliphatic heterocycles. The van der Waals surface area contributed by atoms with E-state index in [2.05, 4.69) is 469 Å². The van der Waals surface area contributed by atoms with E-state index in [1.165, 1.54) is 128 Å². The Bertz CT molecular complexity index is 9520. The first-order valence-electron chi connectivity index (χ1n) is 47.3. The molecule has 5 aliphatic carbocycles. The number of furan rings is 3. The third-order valence-electron chi connectivity index (χ3n) is 30.7. The van der Waals surface area contributed by atoms with Gasteiger partial charge in [0.2, 0.25) is 0 Å². The number of hydrogen-bond donors (Lipinski definition) is 0. The van der Waals surface area contributed by atoms with Crippen LogP contribution in [0.15, 0.2) is 474 Å². The van der Waals surface area contributed by atoms with Crippen LogP contribution in [0.25, 0.3) is 204 Å². The first kappa shape index (κ1) is 75.1. The first-order valence-corrected chi connectivity index (χ1v) is 47.3. The molecule has 0 N–H and O–H groups in total. The van der Waals surface area contributed by atoms with Crippen molar-refractivity contribution in [1.29, 1.82) is 0 Å². The maximum atomic E-state index is 7.57. The molecular formula is C130H79N3O3. The zero-order chi connectivity index (χ0) is 88.7. The van der Waals surface area contributed by atoms with E-state index in [1.807, 2.05) is 0 Å². The molecule has 21 aromatic carbocycles. The Kier molecular flexibility index (Phi) is 15.7. The predicted octanol–water partition coefficient (Wildman–Crippen LogP) is 35.0. The predicted molar refractivity (Wildman–Crippen MR) is 562 cm³/mol. The van der Waals surface area contributed by atoms with E-state index < -0.39 is 10.8 Å². The van der Waals surface area contributed by atoms with Gasteiger partial charge in [0, 0.05) is 99.1 Å². The molecule has 6 nitrogen and oxygen atoms in total. The standard InChI is InChI=1S/C130H79N3O3/c1-3-31-81-76-121-104(73-79(81)29-1)98-46-24-44-96(127(98)135-121)94-38-12-21-58-116(94)132(86-70-68-85(69-71-86)131-114-56-19-10-36-92(114)93-37-11-20-57-115(93)131)118-60-27-55-113-124(118)101-41-9-18-53-110(101)130(113)108-51-16-7-35-91(108)103-75-83(65-72-111(103)130)87-42-26-59-117(123(87)102-48-25-47-99-105-74-80-30-2-4-32-82(80)77-122(105)136-128(99)102)133(84-66-63-78(64-67-84)88-43-23-45-97-95-39-13-22-62-120(95)134-126(88)97)119-61-28-54-112-125(119)100-40-8-17-52-109(100)129(112)106-49-14-5-33-89(106)90-34-6-15-50-107(90)129/h1-68,70,72-77H,69,71H2. The van der Waals surface area contributed by atoms with Crippen LogP contribution in [0.4, 0.5) is 28.4 Å². The molecule has 6 heteroatoms. The van der Waals surface area contributed by atoms with Crippen LogP contribution in [-0.4, -0.2) is 4.57 Å². The van der Waals surface area contributed by atoms with Crippen molar-refractivity contribution in [2.24, 2.45) is 0 Å². The van der Waals surface area contributed by atoms with E-state index in [9.17, 15) is 0 Å². The second kappa shape index (κ2) is 28.5. The summed E-state index contributed by atoms with van der Waals surface area (Å²) in [6.07, 6.45) is 6.38. The Labute approximate surface area is 783 Å². The average molecular weight is 1730 g/mol. The molecule has 136 heavy (non-hydrogen) atoms. The Morgan fingerprint density at radius 1 is 0.213 bits per heavy atom. The average Bonchev–Trinajstić information content (AvgIpc) is 1.51. The fraction of sp³-hybridized carbons (Fsp3) is 0.0308. The molecule has 4 heterocycles. The van der Waals surface area contributed by atoms with Gasteiger partial charge in [-0.3, -0.25) is 0 Å². The van der Waals surface area contributed by atoms with Crippen LogP contribution in [-0.2, 0) is 10.8 Å². The summed E-state index contributed by atoms with van der Waals surface area (Å²) in [5, 5.41) is 13.6. The normalized spacial score (nSPS) is 14.6. The van der Waals surface area contributed by atoms with Crippen molar-refractivity contribution < 1.29 is 13.3 Å². The summed E-state index contributed by atoms with van der Waals surface area (Å²) >= 11 is 0. The highest BCUT2D eigenvalue weighted by Gasteiger charge is 2.55. The molecule has 5 aliphatic rings. The van der Waals surface area contributed by atoms with Crippen LogP contribution in [0.3, 0.4) is 0 Å². The third-order valence-corrected chi connectivity index (χ3v) is 30.7. The number of anilines is 5. The molecule has 4 aromatic heterocycles. The second-order valence-corrected chi connectivity index (χ2v) is 37.2. The van der Waals surface area contributed by atoms with Gasteiger partial charge in [-0.2, -0.15) is 0 Å². The number of benzene rings is 21. The summed E-state index contributed by atoms with van der Waals surface area (Å²) in [4.78, 5) is 5.20. The lowest BCUT2D eigenvalue weighted by Gasteiger charge is -2.34. The van der Waals surface area contributed by atoms with Crippen LogP contribution < -0.4 is 9.80 Å². The van der Waals surface area contributed by atoms with E-state index >= 15 is 0 Å². The van der Waals surface area contributed by atoms with Gasteiger partial charge < -0.3 is 27.6 Å². The molecule has 0 fully saturated rings. The molecule has 0 radical (unpaired) electrons. The van der Waals surface area contributed by atoms with Crippen molar-refractivity contribution in [2.75, 3.05) is 9.80 Å². The minimum absolute atomic E-state index is 0.622. The van der Waals surface area contributed by atoms with Gasteiger partial charge in [-0.05, 0) is 226 Å². The maximum absolute atomic E-state index is 7.57. The molecule has 0 saturated carbocycles. The molecule has 632 valence electrons. The highest BCUT2D eigenvalue weighted by Crippen LogP contribution is 2.69. The molecule has 1 atom stereocenters. The lowest BCUT2D eigenvalue weighted by Crippen LogP contribution is -2.26. The molecule has 0 saturated heterocycles. The zero-order valence-electron chi connectivity index (χ0n) is 73.8. The Morgan fingerprint density at radius 3 is 1.18 bits per heavy atom. The van der Waals surface area contributed by atoms with E-state index in [1.54, 1.807) is 0 Å². The summed E-state index contributed by atoms with van der Waals surface area (Å²) in [5.74, 6) is 0. The first-order chi connectivity index (χ1) is 67.5. The number of allylic oxidation sites excluding steroid dienone is 4. The SMILES string of the molecule is C1=C(N(c2ccccc2-c2cccc3c2oc2cc4ccccc4cc23)c2cccc3c2-c2ccccc2C32c3ccccc3-c3cc(-c4cccc(N(c5ccc(-c6cccc7c6oc6ccccc67)cc5)c5cccc6c5-c5ccccc5C65c6ccccc6-c6ccccc65)c4-c4cccc5c4oc4cc6ccccc6cc45)ccc32)CCC(n2c3ccccc3c3ccccc32)=C1. The number of para-hydroxylation sites is 7. The molecule has 2 spiro atoms. The van der Waals surface area contributed by atoms with E-state index in [-0.39, 0.29) is 0 Å². The van der Waals surface area contributed by atoms with Gasteiger partial charge in [0.25, 0.3) is 0 Å². The highest BCUT2D eigenvalue weighted by atomic mass is 16.3. The fourth-order valence-corrected chi connectivity index (χ4v) is 25.2. The third kappa shape index (κ3) is 10.3. The topological polar surface area (TPSA) is 50.8 Å². The van der Waals surface area contributed by atoms with Crippen molar-refractivity contribution >= 4 is 143 Å². The summed E-state index contributed by atoms with van der Waals surface area (Å²) in [6.45, 7) is 0. The van der Waals surface area contributed by atoms with Crippen molar-refractivity contribution in [3.05, 3.63) is 505 Å². The summed E-state index contributed by atoms with van der Waals surface area (Å²) < 4.78 is 24.1. The summed E-state index contributed by atoms with van der Waals surface area (Å²) in [6, 6.07) is 166. The van der Waals surface area contributed by atoms with E-state index in [0.717, 1.165) is 168 Å². The van der Waals surface area contributed by atoms with Gasteiger partial charge in [-0.15, -0.1) is 0 Å². The molecular weight excluding hydrogens is 1650 g/mol. The molecule has 1 unspecified atom stereocenters. The summed E-state index contributed by atoms with van der Waals surface area (Å²) in [7, 11) is 0. The smallest absolute Gasteiger partial charge is 0.143 e. The number of rotatable bonds is 11. The van der Waals surface area contributed by atoms with Gasteiger partial charge in [-0.25, -0.2) is 0 Å². The lowest BCUT2D eigenvalue weighted by molar-refractivity contribution is 0.670. The van der Waals surface area contributed by atoms with Crippen molar-refractivity contribution in [1.82, 2.24) is 4.57 Å². The Hall–Kier alpha value is -17.6. The highest BCUT2D eigenvalue weighted by molar-refractivity contribution is 6.19. The van der Waals surface area contributed by atoms with Gasteiger partial charge >= 0.3 is 0 Å². The van der Waals surface area contributed by atoms with Crippen LogP contribution in [0, 0.1) is 0 Å². The molecule has 25 aromatic rings. The zero-order valence-corrected chi connectivity index (χ0v) is 73.8. The number of nitrogens with zero attached hydrogens (tertiary/aromatic N) is 3. The fourth-order valence-electron chi connectivity index (χ4n) is 25.2. The Balaban J connectivity index is 0.646. The van der Waals surface area contributed by atoms with Crippen molar-refractivity contribution in [2.45, 2.75) is 23.7 Å². The minimum atomic E-state index is -0.764. The van der Waals surface area contributed by atoms with Crippen LogP contribution >= 0.6 is 0 Å².